The summed E-state index contributed by atoms with van der Waals surface area (Å²) in [4.78, 5) is 33.5. The van der Waals surface area contributed by atoms with Gasteiger partial charge in [0, 0.05) is 37.9 Å². The lowest BCUT2D eigenvalue weighted by atomic mass is 10.2. The number of aromatic nitrogens is 5. The number of carbonyl (C=O) groups excluding carboxylic acids is 1. The van der Waals surface area contributed by atoms with E-state index in [0.29, 0.717) is 37.3 Å². The highest BCUT2D eigenvalue weighted by Crippen LogP contribution is 2.26. The van der Waals surface area contributed by atoms with Crippen LogP contribution in [0.15, 0.2) is 48.8 Å². The largest absolute Gasteiger partial charge is 0.444 e. The molecule has 1 aliphatic heterocycles. The van der Waals surface area contributed by atoms with Gasteiger partial charge in [0.2, 0.25) is 11.9 Å². The topological polar surface area (TPSA) is 115 Å². The number of fused-ring (bicyclic) bond motifs is 1. The quantitative estimate of drug-likeness (QED) is 0.463. The minimum atomic E-state index is -0.567. The lowest BCUT2D eigenvalue weighted by molar-refractivity contribution is 0.0240. The van der Waals surface area contributed by atoms with Crippen LogP contribution in [0.4, 0.5) is 21.0 Å². The van der Waals surface area contributed by atoms with Gasteiger partial charge < -0.3 is 20.3 Å². The van der Waals surface area contributed by atoms with Gasteiger partial charge in [-0.25, -0.2) is 33.7 Å². The van der Waals surface area contributed by atoms with E-state index in [0.717, 1.165) is 17.5 Å². The molecule has 1 fully saturated rings. The van der Waals surface area contributed by atoms with Crippen molar-refractivity contribution in [3.8, 4) is 17.2 Å². The summed E-state index contributed by atoms with van der Waals surface area (Å²) in [6, 6.07) is 11.0. The molecule has 36 heavy (non-hydrogen) atoms. The molecule has 1 aliphatic rings. The molecular weight excluding hydrogens is 463 g/mol. The zero-order chi connectivity index (χ0) is 25.4. The van der Waals surface area contributed by atoms with E-state index in [9.17, 15) is 9.18 Å². The number of imidazole rings is 1. The molecule has 4 heterocycles. The number of nitrogens with two attached hydrogens (primary N) is 1. The zero-order valence-corrected chi connectivity index (χ0v) is 20.3. The maximum Gasteiger partial charge on any atom is 0.410 e. The van der Waals surface area contributed by atoms with Crippen LogP contribution in [0.3, 0.4) is 0 Å². The second-order valence-corrected chi connectivity index (χ2v) is 9.52. The molecule has 0 radical (unpaired) electrons. The number of para-hydroxylation sites is 2. The molecule has 3 aromatic heterocycles. The van der Waals surface area contributed by atoms with Gasteiger partial charge >= 0.3 is 6.09 Å². The van der Waals surface area contributed by atoms with E-state index in [1.807, 2.05) is 51.1 Å². The van der Waals surface area contributed by atoms with Crippen LogP contribution in [-0.2, 0) is 4.74 Å². The van der Waals surface area contributed by atoms with Crippen LogP contribution in [0, 0.1) is 5.82 Å². The summed E-state index contributed by atoms with van der Waals surface area (Å²) < 4.78 is 21.8. The summed E-state index contributed by atoms with van der Waals surface area (Å²) in [6.45, 7) is 7.84. The highest BCUT2D eigenvalue weighted by Gasteiger charge is 2.26. The highest BCUT2D eigenvalue weighted by atomic mass is 19.1. The maximum absolute atomic E-state index is 14.7. The van der Waals surface area contributed by atoms with E-state index >= 15 is 0 Å². The Hall–Kier alpha value is -4.28. The molecule has 1 amide bonds. The van der Waals surface area contributed by atoms with Gasteiger partial charge in [-0.15, -0.1) is 0 Å². The van der Waals surface area contributed by atoms with Crippen molar-refractivity contribution in [3.05, 3.63) is 54.6 Å². The van der Waals surface area contributed by atoms with E-state index in [-0.39, 0.29) is 23.7 Å². The first-order valence-corrected chi connectivity index (χ1v) is 11.6. The second kappa shape index (κ2) is 9.06. The van der Waals surface area contributed by atoms with E-state index in [1.165, 1.54) is 0 Å². The first-order chi connectivity index (χ1) is 17.2. The molecule has 4 aromatic rings. The summed E-state index contributed by atoms with van der Waals surface area (Å²) in [7, 11) is 0. The number of hydrogen-bond acceptors (Lipinski definition) is 8. The Morgan fingerprint density at radius 2 is 1.75 bits per heavy atom. The third kappa shape index (κ3) is 4.64. The van der Waals surface area contributed by atoms with Crippen molar-refractivity contribution in [2.75, 3.05) is 36.8 Å². The van der Waals surface area contributed by atoms with Crippen LogP contribution >= 0.6 is 0 Å². The number of piperazine rings is 1. The van der Waals surface area contributed by atoms with Crippen LogP contribution in [0.5, 0.6) is 0 Å². The number of amides is 1. The highest BCUT2D eigenvalue weighted by molar-refractivity contribution is 5.80. The Balaban J connectivity index is 1.34. The van der Waals surface area contributed by atoms with Gasteiger partial charge in [0.1, 0.15) is 17.1 Å². The average molecular weight is 491 g/mol. The minimum absolute atomic E-state index is 0.117. The SMILES string of the molecule is CC(C)(C)OC(=O)N1CCN(c2ccc(-c3nc(-n4c(N)nc5ccccc54)ncc3F)cn2)CC1. The predicted octanol–water partition coefficient (Wildman–Crippen LogP) is 3.66. The molecular formula is C25H27FN8O2. The summed E-state index contributed by atoms with van der Waals surface area (Å²) in [5.41, 5.74) is 7.62. The Kier molecular flexibility index (Phi) is 5.91. The van der Waals surface area contributed by atoms with Crippen molar-refractivity contribution in [1.82, 2.24) is 29.4 Å². The van der Waals surface area contributed by atoms with Crippen LogP contribution < -0.4 is 10.6 Å². The number of ether oxygens (including phenoxy) is 1. The van der Waals surface area contributed by atoms with Gasteiger partial charge in [0.15, 0.2) is 5.82 Å². The molecule has 0 bridgehead atoms. The lowest BCUT2D eigenvalue weighted by Gasteiger charge is -2.36. The number of anilines is 2. The Morgan fingerprint density at radius 3 is 2.44 bits per heavy atom. The number of rotatable bonds is 3. The number of pyridine rings is 1. The van der Waals surface area contributed by atoms with Gasteiger partial charge in [0.05, 0.1) is 17.2 Å². The molecule has 0 saturated carbocycles. The number of hydrogen-bond donors (Lipinski definition) is 1. The molecule has 11 heteroatoms. The molecule has 2 N–H and O–H groups in total. The number of halogens is 1. The molecule has 5 rings (SSSR count). The fraction of sp³-hybridized carbons (Fsp3) is 0.320. The van der Waals surface area contributed by atoms with Crippen molar-refractivity contribution in [3.63, 3.8) is 0 Å². The van der Waals surface area contributed by atoms with Gasteiger partial charge in [0.25, 0.3) is 0 Å². The van der Waals surface area contributed by atoms with Crippen molar-refractivity contribution in [2.24, 2.45) is 0 Å². The second-order valence-electron chi connectivity index (χ2n) is 9.52. The van der Waals surface area contributed by atoms with Crippen molar-refractivity contribution < 1.29 is 13.9 Å². The predicted molar refractivity (Wildman–Crippen MR) is 134 cm³/mol. The van der Waals surface area contributed by atoms with Crippen molar-refractivity contribution >= 4 is 28.9 Å². The normalized spacial score (nSPS) is 14.3. The Morgan fingerprint density at radius 1 is 1.00 bits per heavy atom. The van der Waals surface area contributed by atoms with E-state index < -0.39 is 11.4 Å². The van der Waals surface area contributed by atoms with Gasteiger partial charge in [-0.3, -0.25) is 0 Å². The van der Waals surface area contributed by atoms with E-state index in [1.54, 1.807) is 21.7 Å². The molecule has 10 nitrogen and oxygen atoms in total. The minimum Gasteiger partial charge on any atom is -0.444 e. The van der Waals surface area contributed by atoms with Gasteiger partial charge in [-0.1, -0.05) is 12.1 Å². The first kappa shape index (κ1) is 23.5. The molecule has 0 aliphatic carbocycles. The summed E-state index contributed by atoms with van der Waals surface area (Å²) >= 11 is 0. The Labute approximate surface area is 207 Å². The summed E-state index contributed by atoms with van der Waals surface area (Å²) in [5, 5.41) is 0. The molecule has 0 unspecified atom stereocenters. The monoisotopic (exact) mass is 490 g/mol. The number of nitrogens with zero attached hydrogens (tertiary/aromatic N) is 7. The van der Waals surface area contributed by atoms with Crippen molar-refractivity contribution in [2.45, 2.75) is 26.4 Å². The summed E-state index contributed by atoms with van der Waals surface area (Å²) in [6.07, 6.45) is 2.39. The molecule has 0 atom stereocenters. The molecule has 0 spiro atoms. The molecule has 1 aromatic carbocycles. The van der Waals surface area contributed by atoms with E-state index in [4.69, 9.17) is 10.5 Å². The standard InChI is InChI=1S/C25H27FN8O2/c1-25(2,3)36-24(35)33-12-10-32(11-13-33)20-9-8-16(14-28-20)21-17(26)15-29-23(31-21)34-19-7-5-4-6-18(19)30-22(34)27/h4-9,14-15H,10-13H2,1-3H3,(H2,27,30). The maximum atomic E-state index is 14.7. The number of nitrogen functional groups attached to an aromatic ring is 1. The fourth-order valence-electron chi connectivity index (χ4n) is 4.08. The fourth-order valence-corrected chi connectivity index (χ4v) is 4.08. The van der Waals surface area contributed by atoms with E-state index in [2.05, 4.69) is 24.8 Å². The third-order valence-electron chi connectivity index (χ3n) is 5.79. The lowest BCUT2D eigenvalue weighted by Crippen LogP contribution is -2.50. The number of carbonyl (C=O) groups is 1. The molecule has 186 valence electrons. The van der Waals surface area contributed by atoms with Crippen LogP contribution in [0.2, 0.25) is 0 Å². The third-order valence-corrected chi connectivity index (χ3v) is 5.79. The van der Waals surface area contributed by atoms with Crippen molar-refractivity contribution in [1.29, 1.82) is 0 Å². The number of benzene rings is 1. The van der Waals surface area contributed by atoms with Crippen LogP contribution in [0.25, 0.3) is 28.2 Å². The van der Waals surface area contributed by atoms with Crippen LogP contribution in [-0.4, -0.2) is 67.3 Å². The molecule has 1 saturated heterocycles. The average Bonchev–Trinajstić information content (AvgIpc) is 3.19. The summed E-state index contributed by atoms with van der Waals surface area (Å²) in [5.74, 6) is 0.608. The van der Waals surface area contributed by atoms with Crippen LogP contribution in [0.1, 0.15) is 20.8 Å². The van der Waals surface area contributed by atoms with Gasteiger partial charge in [-0.05, 0) is 45.0 Å². The first-order valence-electron chi connectivity index (χ1n) is 11.6. The zero-order valence-electron chi connectivity index (χ0n) is 20.3. The Bertz CT molecular complexity index is 1410. The smallest absolute Gasteiger partial charge is 0.410 e. The van der Waals surface area contributed by atoms with Gasteiger partial charge in [-0.2, -0.15) is 0 Å².